The number of halogens is 1. The molecule has 3 nitrogen and oxygen atoms in total. The van der Waals surface area contributed by atoms with E-state index in [1.807, 2.05) is 53.1 Å². The Kier molecular flexibility index (Phi) is 3.53. The van der Waals surface area contributed by atoms with E-state index in [9.17, 15) is 0 Å². The molecule has 24 heavy (non-hydrogen) atoms. The van der Waals surface area contributed by atoms with Gasteiger partial charge in [0.1, 0.15) is 6.33 Å². The highest BCUT2D eigenvalue weighted by Crippen LogP contribution is 2.29. The number of benzene rings is 3. The van der Waals surface area contributed by atoms with Crippen molar-refractivity contribution in [3.63, 3.8) is 0 Å². The summed E-state index contributed by atoms with van der Waals surface area (Å²) < 4.78 is 2.01. The molecule has 3 aromatic carbocycles. The zero-order valence-electron chi connectivity index (χ0n) is 12.6. The van der Waals surface area contributed by atoms with Gasteiger partial charge in [0.2, 0.25) is 0 Å². The Morgan fingerprint density at radius 3 is 2.67 bits per heavy atom. The maximum atomic E-state index is 9.01. The summed E-state index contributed by atoms with van der Waals surface area (Å²) >= 11 is 6.31. The van der Waals surface area contributed by atoms with Crippen LogP contribution in [-0.4, -0.2) is 9.55 Å². The highest BCUT2D eigenvalue weighted by molar-refractivity contribution is 6.33. The van der Waals surface area contributed by atoms with Crippen molar-refractivity contribution in [2.24, 2.45) is 0 Å². The molecule has 4 aromatic rings. The fourth-order valence-electron chi connectivity index (χ4n) is 2.81. The first kappa shape index (κ1) is 14.5. The standard InChI is InChI=1S/C20H12ClN3/c21-18-7-2-1-6-17(18)15-4-3-5-16(11-15)24-13-23-19-10-14(12-22)8-9-20(19)24/h1-11,13H. The fourth-order valence-corrected chi connectivity index (χ4v) is 3.05. The molecule has 0 bridgehead atoms. The Morgan fingerprint density at radius 1 is 0.958 bits per heavy atom. The minimum atomic E-state index is 0.609. The minimum absolute atomic E-state index is 0.609. The molecule has 0 aliphatic heterocycles. The van der Waals surface area contributed by atoms with E-state index in [4.69, 9.17) is 16.9 Å². The van der Waals surface area contributed by atoms with E-state index in [2.05, 4.69) is 17.1 Å². The summed E-state index contributed by atoms with van der Waals surface area (Å²) in [6, 6.07) is 23.6. The van der Waals surface area contributed by atoms with Gasteiger partial charge >= 0.3 is 0 Å². The second-order valence-electron chi connectivity index (χ2n) is 5.46. The van der Waals surface area contributed by atoms with Gasteiger partial charge in [0.05, 0.1) is 22.7 Å². The number of imidazole rings is 1. The number of hydrogen-bond acceptors (Lipinski definition) is 2. The second-order valence-corrected chi connectivity index (χ2v) is 5.87. The van der Waals surface area contributed by atoms with Gasteiger partial charge in [-0.25, -0.2) is 4.98 Å². The van der Waals surface area contributed by atoms with Crippen LogP contribution in [-0.2, 0) is 0 Å². The van der Waals surface area contributed by atoms with Crippen LogP contribution in [0.4, 0.5) is 0 Å². The van der Waals surface area contributed by atoms with Crippen molar-refractivity contribution >= 4 is 22.6 Å². The first-order valence-electron chi connectivity index (χ1n) is 7.49. The maximum absolute atomic E-state index is 9.01. The van der Waals surface area contributed by atoms with E-state index in [1.165, 1.54) is 0 Å². The molecule has 0 saturated heterocycles. The van der Waals surface area contributed by atoms with Crippen molar-refractivity contribution in [3.05, 3.63) is 83.6 Å². The van der Waals surface area contributed by atoms with E-state index >= 15 is 0 Å². The van der Waals surface area contributed by atoms with Gasteiger partial charge in [-0.15, -0.1) is 0 Å². The third-order valence-electron chi connectivity index (χ3n) is 3.99. The summed E-state index contributed by atoms with van der Waals surface area (Å²) in [5.74, 6) is 0. The second kappa shape index (κ2) is 5.84. The average Bonchev–Trinajstić information content (AvgIpc) is 3.05. The van der Waals surface area contributed by atoms with Crippen LogP contribution in [0, 0.1) is 11.3 Å². The molecule has 0 amide bonds. The molecular formula is C20H12ClN3. The molecule has 1 aromatic heterocycles. The van der Waals surface area contributed by atoms with Crippen LogP contribution in [0.3, 0.4) is 0 Å². The van der Waals surface area contributed by atoms with Gasteiger partial charge < -0.3 is 0 Å². The molecular weight excluding hydrogens is 318 g/mol. The molecule has 4 heteroatoms. The van der Waals surface area contributed by atoms with Gasteiger partial charge in [0.25, 0.3) is 0 Å². The lowest BCUT2D eigenvalue weighted by Gasteiger charge is -2.09. The monoisotopic (exact) mass is 329 g/mol. The zero-order chi connectivity index (χ0) is 16.5. The SMILES string of the molecule is N#Cc1ccc2c(c1)ncn2-c1cccc(-c2ccccc2Cl)c1. The Labute approximate surface area is 144 Å². The molecule has 0 N–H and O–H groups in total. The lowest BCUT2D eigenvalue weighted by molar-refractivity contribution is 1.09. The highest BCUT2D eigenvalue weighted by atomic mass is 35.5. The van der Waals surface area contributed by atoms with Gasteiger partial charge in [-0.05, 0) is 42.0 Å². The first-order valence-corrected chi connectivity index (χ1v) is 7.86. The average molecular weight is 330 g/mol. The molecule has 0 spiro atoms. The van der Waals surface area contributed by atoms with Crippen LogP contribution in [0.5, 0.6) is 0 Å². The van der Waals surface area contributed by atoms with E-state index in [-0.39, 0.29) is 0 Å². The lowest BCUT2D eigenvalue weighted by atomic mass is 10.1. The fraction of sp³-hybridized carbons (Fsp3) is 0. The van der Waals surface area contributed by atoms with Crippen LogP contribution in [0.15, 0.2) is 73.1 Å². The summed E-state index contributed by atoms with van der Waals surface area (Å²) in [5, 5.41) is 9.74. The number of fused-ring (bicyclic) bond motifs is 1. The Bertz CT molecular complexity index is 1090. The zero-order valence-corrected chi connectivity index (χ0v) is 13.4. The molecule has 0 radical (unpaired) electrons. The summed E-state index contributed by atoms with van der Waals surface area (Å²) in [7, 11) is 0. The topological polar surface area (TPSA) is 41.6 Å². The molecule has 0 saturated carbocycles. The number of nitrogens with zero attached hydrogens (tertiary/aromatic N) is 3. The van der Waals surface area contributed by atoms with Crippen molar-refractivity contribution in [1.29, 1.82) is 5.26 Å². The van der Waals surface area contributed by atoms with Gasteiger partial charge in [-0.3, -0.25) is 4.57 Å². The molecule has 0 aliphatic carbocycles. The summed E-state index contributed by atoms with van der Waals surface area (Å²) in [6.45, 7) is 0. The van der Waals surface area contributed by atoms with Crippen LogP contribution in [0.25, 0.3) is 27.8 Å². The number of rotatable bonds is 2. The molecule has 0 unspecified atom stereocenters. The maximum Gasteiger partial charge on any atom is 0.100 e. The first-order chi connectivity index (χ1) is 11.8. The van der Waals surface area contributed by atoms with Crippen molar-refractivity contribution in [2.75, 3.05) is 0 Å². The van der Waals surface area contributed by atoms with Crippen LogP contribution in [0.1, 0.15) is 5.56 Å². The Balaban J connectivity index is 1.85. The van der Waals surface area contributed by atoms with Crippen molar-refractivity contribution < 1.29 is 0 Å². The molecule has 0 atom stereocenters. The summed E-state index contributed by atoms with van der Waals surface area (Å²) in [5.41, 5.74) is 5.42. The Morgan fingerprint density at radius 2 is 1.83 bits per heavy atom. The van der Waals surface area contributed by atoms with Crippen LogP contribution < -0.4 is 0 Å². The molecule has 0 aliphatic rings. The third-order valence-corrected chi connectivity index (χ3v) is 4.32. The molecule has 1 heterocycles. The normalized spacial score (nSPS) is 10.7. The van der Waals surface area contributed by atoms with Crippen molar-refractivity contribution in [3.8, 4) is 22.9 Å². The smallest absolute Gasteiger partial charge is 0.100 e. The summed E-state index contributed by atoms with van der Waals surface area (Å²) in [4.78, 5) is 4.41. The van der Waals surface area contributed by atoms with E-state index in [0.717, 1.165) is 32.9 Å². The van der Waals surface area contributed by atoms with Gasteiger partial charge in [0, 0.05) is 16.3 Å². The molecule has 4 rings (SSSR count). The quantitative estimate of drug-likeness (QED) is 0.506. The Hall–Kier alpha value is -3.09. The van der Waals surface area contributed by atoms with E-state index in [0.29, 0.717) is 5.56 Å². The summed E-state index contributed by atoms with van der Waals surface area (Å²) in [6.07, 6.45) is 1.78. The number of nitriles is 1. The van der Waals surface area contributed by atoms with Gasteiger partial charge in [-0.1, -0.05) is 41.9 Å². The third kappa shape index (κ3) is 2.44. The largest absolute Gasteiger partial charge is 0.299 e. The van der Waals surface area contributed by atoms with Gasteiger partial charge in [0.15, 0.2) is 0 Å². The van der Waals surface area contributed by atoms with E-state index < -0.39 is 0 Å². The minimum Gasteiger partial charge on any atom is -0.299 e. The number of aromatic nitrogens is 2. The molecule has 0 fully saturated rings. The van der Waals surface area contributed by atoms with Crippen LogP contribution >= 0.6 is 11.6 Å². The van der Waals surface area contributed by atoms with E-state index in [1.54, 1.807) is 18.5 Å². The van der Waals surface area contributed by atoms with Crippen molar-refractivity contribution in [2.45, 2.75) is 0 Å². The number of hydrogen-bond donors (Lipinski definition) is 0. The van der Waals surface area contributed by atoms with Crippen molar-refractivity contribution in [1.82, 2.24) is 9.55 Å². The predicted molar refractivity (Wildman–Crippen MR) is 96.2 cm³/mol. The lowest BCUT2D eigenvalue weighted by Crippen LogP contribution is -1.92. The predicted octanol–water partition coefficient (Wildman–Crippen LogP) is 5.22. The highest BCUT2D eigenvalue weighted by Gasteiger charge is 2.08. The van der Waals surface area contributed by atoms with Gasteiger partial charge in [-0.2, -0.15) is 5.26 Å². The molecule has 114 valence electrons. The van der Waals surface area contributed by atoms with Crippen LogP contribution in [0.2, 0.25) is 5.02 Å².